The van der Waals surface area contributed by atoms with Crippen LogP contribution in [-0.4, -0.2) is 31.4 Å². The van der Waals surface area contributed by atoms with Crippen molar-refractivity contribution in [3.8, 4) is 11.1 Å². The fraction of sp³-hybridized carbons (Fsp3) is 0.250. The molecule has 0 N–H and O–H groups in total. The predicted molar refractivity (Wildman–Crippen MR) is 114 cm³/mol. The smallest absolute Gasteiger partial charge is 0.115 e. The molecular formula is C24H23N5. The van der Waals surface area contributed by atoms with E-state index in [-0.39, 0.29) is 0 Å². The number of pyridine rings is 2. The maximum atomic E-state index is 4.90. The van der Waals surface area contributed by atoms with E-state index < -0.39 is 0 Å². The maximum Gasteiger partial charge on any atom is 0.115 e. The highest BCUT2D eigenvalue weighted by Gasteiger charge is 2.28. The Morgan fingerprint density at radius 1 is 1.03 bits per heavy atom. The molecule has 1 aliphatic heterocycles. The predicted octanol–water partition coefficient (Wildman–Crippen LogP) is 4.73. The summed E-state index contributed by atoms with van der Waals surface area (Å²) < 4.78 is 0. The minimum Gasteiger partial charge on any atom is -0.290 e. The van der Waals surface area contributed by atoms with Gasteiger partial charge >= 0.3 is 0 Å². The number of aryl methyl sites for hydroxylation is 1. The molecule has 5 heteroatoms. The van der Waals surface area contributed by atoms with Gasteiger partial charge in [0.2, 0.25) is 0 Å². The summed E-state index contributed by atoms with van der Waals surface area (Å²) in [5, 5.41) is 1.24. The van der Waals surface area contributed by atoms with E-state index in [1.54, 1.807) is 6.33 Å². The molecule has 0 unspecified atom stereocenters. The van der Waals surface area contributed by atoms with E-state index in [1.807, 2.05) is 24.7 Å². The lowest BCUT2D eigenvalue weighted by Gasteiger charge is -2.25. The van der Waals surface area contributed by atoms with Gasteiger partial charge in [-0.15, -0.1) is 0 Å². The molecule has 0 bridgehead atoms. The van der Waals surface area contributed by atoms with E-state index in [9.17, 15) is 0 Å². The monoisotopic (exact) mass is 381 g/mol. The molecule has 0 radical (unpaired) electrons. The van der Waals surface area contributed by atoms with Gasteiger partial charge in [-0.1, -0.05) is 18.2 Å². The number of hydrogen-bond acceptors (Lipinski definition) is 5. The molecule has 3 aromatic heterocycles. The molecule has 144 valence electrons. The summed E-state index contributed by atoms with van der Waals surface area (Å²) in [6.45, 7) is 4.06. The third-order valence-electron chi connectivity index (χ3n) is 5.68. The number of rotatable bonds is 4. The number of likely N-dealkylation sites (tertiary alicyclic amines) is 1. The third-order valence-corrected chi connectivity index (χ3v) is 5.68. The zero-order valence-electron chi connectivity index (χ0n) is 16.5. The molecule has 29 heavy (non-hydrogen) atoms. The molecule has 0 saturated carbocycles. The summed E-state index contributed by atoms with van der Waals surface area (Å²) in [5.41, 5.74) is 6.72. The molecule has 0 amide bonds. The third kappa shape index (κ3) is 3.61. The summed E-state index contributed by atoms with van der Waals surface area (Å²) in [6, 6.07) is 15.2. The summed E-state index contributed by atoms with van der Waals surface area (Å²) >= 11 is 0. The fourth-order valence-corrected chi connectivity index (χ4v) is 4.34. The number of aromatic nitrogens is 4. The Morgan fingerprint density at radius 3 is 2.79 bits per heavy atom. The van der Waals surface area contributed by atoms with Crippen molar-refractivity contribution in [3.63, 3.8) is 0 Å². The fourth-order valence-electron chi connectivity index (χ4n) is 4.34. The van der Waals surface area contributed by atoms with E-state index in [2.05, 4.69) is 63.2 Å². The Bertz CT molecular complexity index is 1140. The minimum atomic E-state index is 0.324. The van der Waals surface area contributed by atoms with Crippen LogP contribution in [0, 0.1) is 6.92 Å². The first-order valence-corrected chi connectivity index (χ1v) is 10.1. The average Bonchev–Trinajstić information content (AvgIpc) is 3.22. The quantitative estimate of drug-likeness (QED) is 0.511. The van der Waals surface area contributed by atoms with Gasteiger partial charge in [-0.05, 0) is 61.7 Å². The summed E-state index contributed by atoms with van der Waals surface area (Å²) in [4.78, 5) is 20.3. The van der Waals surface area contributed by atoms with Crippen LogP contribution in [0.4, 0.5) is 0 Å². The van der Waals surface area contributed by atoms with Crippen molar-refractivity contribution in [2.45, 2.75) is 32.4 Å². The molecule has 0 aliphatic carbocycles. The Labute approximate surface area is 170 Å². The van der Waals surface area contributed by atoms with Gasteiger partial charge in [-0.3, -0.25) is 14.9 Å². The van der Waals surface area contributed by atoms with Crippen LogP contribution in [-0.2, 0) is 6.54 Å². The maximum absolute atomic E-state index is 4.90. The molecule has 1 fully saturated rings. The molecule has 1 aliphatic rings. The average molecular weight is 381 g/mol. The van der Waals surface area contributed by atoms with Gasteiger partial charge in [-0.25, -0.2) is 9.97 Å². The van der Waals surface area contributed by atoms with Crippen LogP contribution in [0.1, 0.15) is 35.8 Å². The van der Waals surface area contributed by atoms with Crippen molar-refractivity contribution >= 4 is 10.9 Å². The SMILES string of the molecule is Cc1cc(-c2cncnc2)cc([C@H]2CCCN2Cc2ccnc3ccccc23)n1. The lowest BCUT2D eigenvalue weighted by Crippen LogP contribution is -2.24. The Balaban J connectivity index is 1.47. The van der Waals surface area contributed by atoms with Crippen molar-refractivity contribution < 1.29 is 0 Å². The lowest BCUT2D eigenvalue weighted by molar-refractivity contribution is 0.245. The van der Waals surface area contributed by atoms with Crippen LogP contribution in [0.25, 0.3) is 22.0 Å². The van der Waals surface area contributed by atoms with Gasteiger partial charge in [0.25, 0.3) is 0 Å². The first-order valence-electron chi connectivity index (χ1n) is 10.1. The molecular weight excluding hydrogens is 358 g/mol. The van der Waals surface area contributed by atoms with Gasteiger partial charge < -0.3 is 0 Å². The summed E-state index contributed by atoms with van der Waals surface area (Å²) in [6.07, 6.45) is 9.52. The van der Waals surface area contributed by atoms with Crippen LogP contribution in [0.3, 0.4) is 0 Å². The van der Waals surface area contributed by atoms with Gasteiger partial charge in [0.1, 0.15) is 6.33 Å². The lowest BCUT2D eigenvalue weighted by atomic mass is 10.0. The topological polar surface area (TPSA) is 54.8 Å². The minimum absolute atomic E-state index is 0.324. The number of hydrogen-bond donors (Lipinski definition) is 0. The molecule has 4 aromatic rings. The van der Waals surface area contributed by atoms with Gasteiger partial charge in [0.05, 0.1) is 17.3 Å². The standard InChI is InChI=1S/C24H23N5/c1-17-11-19(20-13-25-16-26-14-20)12-23(28-17)24-7-4-10-29(24)15-18-8-9-27-22-6-3-2-5-21(18)22/h2-3,5-6,8-9,11-14,16,24H,4,7,10,15H2,1H3/t24-/m1/s1. The number of benzene rings is 1. The van der Waals surface area contributed by atoms with E-state index in [0.29, 0.717) is 6.04 Å². The molecule has 5 rings (SSSR count). The van der Waals surface area contributed by atoms with E-state index in [4.69, 9.17) is 4.98 Å². The second-order valence-corrected chi connectivity index (χ2v) is 7.66. The number of fused-ring (bicyclic) bond motifs is 1. The van der Waals surface area contributed by atoms with Crippen molar-refractivity contribution in [1.82, 2.24) is 24.8 Å². The molecule has 0 spiro atoms. The molecule has 1 aromatic carbocycles. The van der Waals surface area contributed by atoms with Crippen molar-refractivity contribution in [2.75, 3.05) is 6.54 Å². The molecule has 5 nitrogen and oxygen atoms in total. The molecule has 1 atom stereocenters. The highest BCUT2D eigenvalue weighted by Crippen LogP contribution is 2.35. The van der Waals surface area contributed by atoms with E-state index in [0.717, 1.165) is 47.5 Å². The second-order valence-electron chi connectivity index (χ2n) is 7.66. The van der Waals surface area contributed by atoms with E-state index >= 15 is 0 Å². The zero-order valence-corrected chi connectivity index (χ0v) is 16.5. The summed E-state index contributed by atoms with van der Waals surface area (Å²) in [5.74, 6) is 0. The van der Waals surface area contributed by atoms with Gasteiger partial charge in [-0.2, -0.15) is 0 Å². The van der Waals surface area contributed by atoms with E-state index in [1.165, 1.54) is 17.4 Å². The number of para-hydroxylation sites is 1. The van der Waals surface area contributed by atoms with Crippen LogP contribution in [0.5, 0.6) is 0 Å². The first kappa shape index (κ1) is 17.9. The highest BCUT2D eigenvalue weighted by molar-refractivity contribution is 5.81. The van der Waals surface area contributed by atoms with Crippen LogP contribution >= 0.6 is 0 Å². The Morgan fingerprint density at radius 2 is 1.90 bits per heavy atom. The van der Waals surface area contributed by atoms with Crippen molar-refractivity contribution in [1.29, 1.82) is 0 Å². The Kier molecular flexibility index (Phi) is 4.74. The van der Waals surface area contributed by atoms with Crippen molar-refractivity contribution in [2.24, 2.45) is 0 Å². The first-order chi connectivity index (χ1) is 14.3. The molecule has 4 heterocycles. The van der Waals surface area contributed by atoms with Crippen LogP contribution in [0.15, 0.2) is 67.4 Å². The largest absolute Gasteiger partial charge is 0.290 e. The zero-order chi connectivity index (χ0) is 19.6. The highest BCUT2D eigenvalue weighted by atomic mass is 15.2. The van der Waals surface area contributed by atoms with Crippen molar-refractivity contribution in [3.05, 3.63) is 84.3 Å². The number of nitrogens with zero attached hydrogens (tertiary/aromatic N) is 5. The van der Waals surface area contributed by atoms with Crippen LogP contribution < -0.4 is 0 Å². The molecule has 1 saturated heterocycles. The normalized spacial score (nSPS) is 17.1. The van der Waals surface area contributed by atoms with Crippen LogP contribution in [0.2, 0.25) is 0 Å². The van der Waals surface area contributed by atoms with Gasteiger partial charge in [0, 0.05) is 41.8 Å². The second kappa shape index (κ2) is 7.68. The summed E-state index contributed by atoms with van der Waals surface area (Å²) in [7, 11) is 0. The Hall–Kier alpha value is -3.18. The van der Waals surface area contributed by atoms with Gasteiger partial charge in [0.15, 0.2) is 0 Å².